The minimum atomic E-state index is -0.523. The average Bonchev–Trinajstić information content (AvgIpc) is 3.52. The molecule has 5 nitrogen and oxygen atoms in total. The number of benzene rings is 4. The highest BCUT2D eigenvalue weighted by Crippen LogP contribution is 2.39. The molecule has 1 aliphatic rings. The molecule has 48 heavy (non-hydrogen) atoms. The molecular formula is C42H46BN3O2. The zero-order chi connectivity index (χ0) is 34.2. The Morgan fingerprint density at radius 3 is 1.90 bits per heavy atom. The van der Waals surface area contributed by atoms with E-state index in [1.165, 1.54) is 11.1 Å². The van der Waals surface area contributed by atoms with Crippen LogP contribution in [0.15, 0.2) is 97.1 Å². The number of hydrogen-bond donors (Lipinski definition) is 0. The molecular weight excluding hydrogens is 589 g/mol. The Hall–Kier alpha value is -4.26. The molecule has 244 valence electrons. The van der Waals surface area contributed by atoms with Crippen LogP contribution in [0.25, 0.3) is 50.3 Å². The van der Waals surface area contributed by atoms with Crippen LogP contribution >= 0.6 is 0 Å². The standard InChI is InChI=1S/C42H46BN3O2/c1-39(2,3)30-24-28(22-29(25-30)38-45-35-18-14-15-19-36(35)46(38)32-16-12-11-13-17-32)34-21-20-27-23-31(40(4,5)6)26-33(37(27)44-34)43-47-41(7,8)42(9,10)48-43/h11-26H,1-10H3. The summed E-state index contributed by atoms with van der Waals surface area (Å²) >= 11 is 0. The first-order valence-corrected chi connectivity index (χ1v) is 17.0. The Morgan fingerprint density at radius 1 is 0.625 bits per heavy atom. The van der Waals surface area contributed by atoms with E-state index in [-0.39, 0.29) is 10.8 Å². The molecule has 0 atom stereocenters. The average molecular weight is 636 g/mol. The number of aromatic nitrogens is 3. The number of pyridine rings is 1. The fourth-order valence-corrected chi connectivity index (χ4v) is 6.40. The second-order valence-electron chi connectivity index (χ2n) is 16.3. The molecule has 1 saturated heterocycles. The number of nitrogens with zero attached hydrogens (tertiary/aromatic N) is 3. The third-order valence-corrected chi connectivity index (χ3v) is 10.1. The first-order chi connectivity index (χ1) is 22.5. The van der Waals surface area contributed by atoms with E-state index in [2.05, 4.69) is 159 Å². The number of para-hydroxylation sites is 3. The van der Waals surface area contributed by atoms with Crippen molar-refractivity contribution in [2.24, 2.45) is 0 Å². The fraction of sp³-hybridized carbons (Fsp3) is 0.333. The minimum Gasteiger partial charge on any atom is -0.399 e. The molecule has 1 fully saturated rings. The van der Waals surface area contributed by atoms with E-state index >= 15 is 0 Å². The second-order valence-corrected chi connectivity index (χ2v) is 16.3. The lowest BCUT2D eigenvalue weighted by Crippen LogP contribution is -2.41. The van der Waals surface area contributed by atoms with Crippen molar-refractivity contribution >= 4 is 34.5 Å². The van der Waals surface area contributed by atoms with Gasteiger partial charge in [0.05, 0.1) is 33.4 Å². The molecule has 7 rings (SSSR count). The molecule has 0 radical (unpaired) electrons. The summed E-state index contributed by atoms with van der Waals surface area (Å²) < 4.78 is 15.5. The van der Waals surface area contributed by atoms with Crippen molar-refractivity contribution < 1.29 is 9.31 Å². The van der Waals surface area contributed by atoms with Crippen LogP contribution < -0.4 is 5.46 Å². The lowest BCUT2D eigenvalue weighted by Gasteiger charge is -2.32. The maximum Gasteiger partial charge on any atom is 0.497 e. The SMILES string of the molecule is CC(C)(C)c1cc(-c2ccc3cc(C(C)(C)C)cc(B4OC(C)(C)C(C)(C)O4)c3n2)cc(-c2nc3ccccc3n2-c2ccccc2)c1. The van der Waals surface area contributed by atoms with Gasteiger partial charge in [-0.25, -0.2) is 9.97 Å². The van der Waals surface area contributed by atoms with Gasteiger partial charge >= 0.3 is 7.12 Å². The molecule has 6 heteroatoms. The predicted octanol–water partition coefficient (Wildman–Crippen LogP) is 9.80. The van der Waals surface area contributed by atoms with Gasteiger partial charge in [0, 0.05) is 27.7 Å². The van der Waals surface area contributed by atoms with Gasteiger partial charge in [-0.15, -0.1) is 0 Å². The van der Waals surface area contributed by atoms with Crippen LogP contribution in [-0.4, -0.2) is 32.9 Å². The smallest absolute Gasteiger partial charge is 0.399 e. The summed E-state index contributed by atoms with van der Waals surface area (Å²) in [5.41, 5.74) is 9.37. The molecule has 0 aliphatic carbocycles. The zero-order valence-corrected chi connectivity index (χ0v) is 30.0. The van der Waals surface area contributed by atoms with E-state index in [9.17, 15) is 0 Å². The lowest BCUT2D eigenvalue weighted by molar-refractivity contribution is 0.00578. The van der Waals surface area contributed by atoms with Gasteiger partial charge < -0.3 is 9.31 Å². The molecule has 2 aromatic heterocycles. The third-order valence-electron chi connectivity index (χ3n) is 10.1. The highest BCUT2D eigenvalue weighted by molar-refractivity contribution is 6.65. The summed E-state index contributed by atoms with van der Waals surface area (Å²) in [5, 5.41) is 1.08. The Labute approximate surface area is 285 Å². The van der Waals surface area contributed by atoms with Gasteiger partial charge in [-0.3, -0.25) is 4.57 Å². The molecule has 1 aliphatic heterocycles. The van der Waals surface area contributed by atoms with Crippen LogP contribution in [0.5, 0.6) is 0 Å². The monoisotopic (exact) mass is 635 g/mol. The summed E-state index contributed by atoms with van der Waals surface area (Å²) in [4.78, 5) is 10.6. The molecule has 0 saturated carbocycles. The highest BCUT2D eigenvalue weighted by atomic mass is 16.7. The van der Waals surface area contributed by atoms with Gasteiger partial charge in [-0.05, 0) is 104 Å². The lowest BCUT2D eigenvalue weighted by atomic mass is 9.73. The Morgan fingerprint density at radius 2 is 1.23 bits per heavy atom. The number of imidazole rings is 1. The molecule has 0 amide bonds. The molecule has 0 bridgehead atoms. The van der Waals surface area contributed by atoms with Gasteiger partial charge in [-0.1, -0.05) is 84.0 Å². The zero-order valence-electron chi connectivity index (χ0n) is 30.0. The predicted molar refractivity (Wildman–Crippen MR) is 200 cm³/mol. The molecule has 0 spiro atoms. The van der Waals surface area contributed by atoms with E-state index < -0.39 is 18.3 Å². The van der Waals surface area contributed by atoms with Crippen LogP contribution in [0.1, 0.15) is 80.4 Å². The Balaban J connectivity index is 1.45. The molecule has 0 unspecified atom stereocenters. The second kappa shape index (κ2) is 11.1. The largest absolute Gasteiger partial charge is 0.497 e. The normalized spacial score (nSPS) is 16.2. The summed E-state index contributed by atoms with van der Waals surface area (Å²) in [6.07, 6.45) is 0. The number of rotatable bonds is 4. The van der Waals surface area contributed by atoms with E-state index in [4.69, 9.17) is 19.3 Å². The summed E-state index contributed by atoms with van der Waals surface area (Å²) in [6, 6.07) is 34.5. The van der Waals surface area contributed by atoms with E-state index in [0.717, 1.165) is 55.7 Å². The maximum absolute atomic E-state index is 6.62. The van der Waals surface area contributed by atoms with Gasteiger partial charge in [0.2, 0.25) is 0 Å². The topological polar surface area (TPSA) is 49.2 Å². The van der Waals surface area contributed by atoms with Crippen molar-refractivity contribution in [3.05, 3.63) is 108 Å². The number of fused-ring (bicyclic) bond motifs is 2. The quantitative estimate of drug-likeness (QED) is 0.181. The van der Waals surface area contributed by atoms with Gasteiger partial charge in [0.1, 0.15) is 5.82 Å². The minimum absolute atomic E-state index is 0.0502. The number of hydrogen-bond acceptors (Lipinski definition) is 4. The fourth-order valence-electron chi connectivity index (χ4n) is 6.40. The Kier molecular flexibility index (Phi) is 7.50. The van der Waals surface area contributed by atoms with Gasteiger partial charge in [-0.2, -0.15) is 0 Å². The van der Waals surface area contributed by atoms with Crippen LogP contribution in [0.3, 0.4) is 0 Å². The van der Waals surface area contributed by atoms with E-state index in [1.807, 2.05) is 12.1 Å². The molecule has 3 heterocycles. The van der Waals surface area contributed by atoms with E-state index in [0.29, 0.717) is 0 Å². The van der Waals surface area contributed by atoms with Crippen molar-refractivity contribution in [2.45, 2.75) is 91.3 Å². The first-order valence-electron chi connectivity index (χ1n) is 17.0. The Bertz CT molecular complexity index is 2150. The molecule has 4 aromatic carbocycles. The van der Waals surface area contributed by atoms with Crippen molar-refractivity contribution in [3.63, 3.8) is 0 Å². The van der Waals surface area contributed by atoms with Crippen molar-refractivity contribution in [2.75, 3.05) is 0 Å². The first kappa shape index (κ1) is 32.3. The van der Waals surface area contributed by atoms with Crippen molar-refractivity contribution in [3.8, 4) is 28.3 Å². The van der Waals surface area contributed by atoms with E-state index in [1.54, 1.807) is 0 Å². The van der Waals surface area contributed by atoms with Gasteiger partial charge in [0.25, 0.3) is 0 Å². The van der Waals surface area contributed by atoms with Crippen LogP contribution in [0, 0.1) is 0 Å². The highest BCUT2D eigenvalue weighted by Gasteiger charge is 2.52. The van der Waals surface area contributed by atoms with Crippen LogP contribution in [0.4, 0.5) is 0 Å². The van der Waals surface area contributed by atoms with Crippen LogP contribution in [0.2, 0.25) is 0 Å². The van der Waals surface area contributed by atoms with Crippen LogP contribution in [-0.2, 0) is 20.1 Å². The molecule has 6 aromatic rings. The summed E-state index contributed by atoms with van der Waals surface area (Å²) in [5.74, 6) is 0.906. The summed E-state index contributed by atoms with van der Waals surface area (Å²) in [7, 11) is -0.523. The third kappa shape index (κ3) is 5.65. The van der Waals surface area contributed by atoms with Crippen molar-refractivity contribution in [1.82, 2.24) is 14.5 Å². The maximum atomic E-state index is 6.62. The van der Waals surface area contributed by atoms with Crippen molar-refractivity contribution in [1.29, 1.82) is 0 Å². The summed E-state index contributed by atoms with van der Waals surface area (Å²) in [6.45, 7) is 21.9. The molecule has 0 N–H and O–H groups in total. The van der Waals surface area contributed by atoms with Gasteiger partial charge in [0.15, 0.2) is 0 Å².